The zero-order valence-corrected chi connectivity index (χ0v) is 17.9. The molecule has 5 aromatic rings. The van der Waals surface area contributed by atoms with Crippen LogP contribution in [0.1, 0.15) is 17.1 Å². The summed E-state index contributed by atoms with van der Waals surface area (Å²) in [6.07, 6.45) is 9.38. The van der Waals surface area contributed by atoms with E-state index in [9.17, 15) is 5.21 Å². The summed E-state index contributed by atoms with van der Waals surface area (Å²) in [6, 6.07) is 7.64. The third kappa shape index (κ3) is 3.41. The van der Waals surface area contributed by atoms with E-state index in [2.05, 4.69) is 24.8 Å². The molecular weight excluding hydrogens is 418 g/mol. The summed E-state index contributed by atoms with van der Waals surface area (Å²) in [4.78, 5) is 13.4. The van der Waals surface area contributed by atoms with Gasteiger partial charge in [0.1, 0.15) is 17.5 Å². The standard InChI is InChI=1S/C23H21N9O/c1-14-2-6-31(33)12-18(14)19-8-15-9-20(26-11-17(15)23(24)27-19)28-21-10-16-3-5-30-7-4-25-22(30)13-32(16)29-21/h2,4,6-12H,3,5,13H2,1H3,(H2,24,27)(H,26,28,29). The van der Waals surface area contributed by atoms with Gasteiger partial charge < -0.3 is 20.8 Å². The number of imidazole rings is 1. The summed E-state index contributed by atoms with van der Waals surface area (Å²) in [5.74, 6) is 2.74. The second-order valence-corrected chi connectivity index (χ2v) is 8.18. The van der Waals surface area contributed by atoms with Crippen LogP contribution < -0.4 is 15.8 Å². The molecule has 0 fully saturated rings. The smallest absolute Gasteiger partial charge is 0.190 e. The first-order valence-corrected chi connectivity index (χ1v) is 10.6. The first kappa shape index (κ1) is 19.2. The minimum Gasteiger partial charge on any atom is -0.619 e. The number of rotatable bonds is 3. The average Bonchev–Trinajstić information content (AvgIpc) is 3.36. The summed E-state index contributed by atoms with van der Waals surface area (Å²) in [5, 5.41) is 21.4. The van der Waals surface area contributed by atoms with E-state index in [4.69, 9.17) is 10.8 Å². The monoisotopic (exact) mass is 439 g/mol. The van der Waals surface area contributed by atoms with Gasteiger partial charge in [-0.3, -0.25) is 4.68 Å². The number of nitrogen functional groups attached to an aromatic ring is 1. The molecule has 3 N–H and O–H groups in total. The second-order valence-electron chi connectivity index (χ2n) is 8.18. The van der Waals surface area contributed by atoms with Crippen molar-refractivity contribution in [3.63, 3.8) is 0 Å². The number of anilines is 3. The van der Waals surface area contributed by atoms with Crippen molar-refractivity contribution in [2.45, 2.75) is 26.4 Å². The molecule has 0 aromatic carbocycles. The first-order valence-electron chi connectivity index (χ1n) is 10.6. The van der Waals surface area contributed by atoms with Gasteiger partial charge >= 0.3 is 0 Å². The van der Waals surface area contributed by atoms with Crippen molar-refractivity contribution in [1.82, 2.24) is 29.3 Å². The average molecular weight is 439 g/mol. The van der Waals surface area contributed by atoms with Gasteiger partial charge in [-0.2, -0.15) is 9.83 Å². The van der Waals surface area contributed by atoms with Crippen LogP contribution in [0.4, 0.5) is 17.5 Å². The number of nitrogens with one attached hydrogen (secondary N) is 1. The van der Waals surface area contributed by atoms with Gasteiger partial charge in [-0.1, -0.05) is 0 Å². The van der Waals surface area contributed by atoms with Crippen molar-refractivity contribution in [3.8, 4) is 11.3 Å². The fraction of sp³-hybridized carbons (Fsp3) is 0.174. The minimum atomic E-state index is 0.367. The molecular formula is C23H21N9O. The lowest BCUT2D eigenvalue weighted by molar-refractivity contribution is -0.604. The Kier molecular flexibility index (Phi) is 4.25. The molecule has 0 spiro atoms. The summed E-state index contributed by atoms with van der Waals surface area (Å²) >= 11 is 0. The van der Waals surface area contributed by atoms with Gasteiger partial charge in [-0.15, -0.1) is 0 Å². The van der Waals surface area contributed by atoms with Crippen molar-refractivity contribution in [3.05, 3.63) is 77.5 Å². The normalized spacial score (nSPS) is 12.9. The number of aromatic nitrogens is 7. The van der Waals surface area contributed by atoms with Crippen LogP contribution in [0, 0.1) is 12.1 Å². The number of nitrogens with zero attached hydrogens (tertiary/aromatic N) is 7. The first-order chi connectivity index (χ1) is 16.0. The van der Waals surface area contributed by atoms with Crippen molar-refractivity contribution in [2.75, 3.05) is 11.1 Å². The molecule has 164 valence electrons. The van der Waals surface area contributed by atoms with Crippen molar-refractivity contribution >= 4 is 28.2 Å². The van der Waals surface area contributed by atoms with E-state index in [1.54, 1.807) is 12.3 Å². The maximum Gasteiger partial charge on any atom is 0.190 e. The van der Waals surface area contributed by atoms with Gasteiger partial charge in [0.05, 0.1) is 17.8 Å². The lowest BCUT2D eigenvalue weighted by atomic mass is 10.1. The quantitative estimate of drug-likeness (QED) is 0.327. The van der Waals surface area contributed by atoms with Crippen LogP contribution in [0.2, 0.25) is 0 Å². The van der Waals surface area contributed by atoms with Gasteiger partial charge in [0.2, 0.25) is 0 Å². The van der Waals surface area contributed by atoms with E-state index in [1.807, 2.05) is 42.2 Å². The summed E-state index contributed by atoms with van der Waals surface area (Å²) in [6.45, 7) is 3.45. The van der Waals surface area contributed by atoms with Gasteiger partial charge in [0.15, 0.2) is 18.2 Å². The molecule has 5 aromatic heterocycles. The van der Waals surface area contributed by atoms with Crippen LogP contribution in [-0.2, 0) is 19.5 Å². The number of aryl methyl sites for hydroxylation is 3. The topological polar surface area (TPSA) is 126 Å². The van der Waals surface area contributed by atoms with Gasteiger partial charge in [-0.25, -0.2) is 15.0 Å². The highest BCUT2D eigenvalue weighted by atomic mass is 16.5. The summed E-state index contributed by atoms with van der Waals surface area (Å²) in [7, 11) is 0. The van der Waals surface area contributed by atoms with E-state index in [0.717, 1.165) is 56.9 Å². The molecule has 0 bridgehead atoms. The molecule has 0 aliphatic carbocycles. The van der Waals surface area contributed by atoms with Crippen LogP contribution in [0.25, 0.3) is 22.0 Å². The van der Waals surface area contributed by atoms with Gasteiger partial charge in [0.25, 0.3) is 0 Å². The van der Waals surface area contributed by atoms with Crippen molar-refractivity contribution in [2.24, 2.45) is 0 Å². The minimum absolute atomic E-state index is 0.367. The number of fused-ring (bicyclic) bond motifs is 3. The molecule has 33 heavy (non-hydrogen) atoms. The second kappa shape index (κ2) is 7.30. The van der Waals surface area contributed by atoms with Crippen molar-refractivity contribution < 1.29 is 4.73 Å². The molecule has 6 rings (SSSR count). The van der Waals surface area contributed by atoms with Crippen LogP contribution in [-0.4, -0.2) is 29.3 Å². The number of pyridine rings is 3. The molecule has 1 aliphatic rings. The Labute approximate surface area is 188 Å². The highest BCUT2D eigenvalue weighted by molar-refractivity contribution is 5.94. The summed E-state index contributed by atoms with van der Waals surface area (Å²) < 4.78 is 4.90. The fourth-order valence-corrected chi connectivity index (χ4v) is 4.25. The molecule has 0 amide bonds. The van der Waals surface area contributed by atoms with Crippen LogP contribution in [0.3, 0.4) is 0 Å². The fourth-order valence-electron chi connectivity index (χ4n) is 4.25. The molecule has 6 heterocycles. The number of nitrogens with two attached hydrogens (primary N) is 1. The maximum atomic E-state index is 11.8. The van der Waals surface area contributed by atoms with E-state index in [1.165, 1.54) is 12.4 Å². The van der Waals surface area contributed by atoms with Crippen molar-refractivity contribution in [1.29, 1.82) is 0 Å². The van der Waals surface area contributed by atoms with Crippen LogP contribution >= 0.6 is 0 Å². The van der Waals surface area contributed by atoms with Crippen LogP contribution in [0.15, 0.2) is 55.2 Å². The SMILES string of the molecule is Cc1cc[n+]([O-])cc1-c1cc2cc(Nc3cc4n(n3)Cc3nccn3CC4)ncc2c(N)n1. The zero-order chi connectivity index (χ0) is 22.5. The maximum absolute atomic E-state index is 11.8. The van der Waals surface area contributed by atoms with E-state index in [-0.39, 0.29) is 0 Å². The van der Waals surface area contributed by atoms with E-state index >= 15 is 0 Å². The zero-order valence-electron chi connectivity index (χ0n) is 17.9. The number of hydrogen-bond donors (Lipinski definition) is 2. The Morgan fingerprint density at radius 3 is 3.00 bits per heavy atom. The Balaban J connectivity index is 1.34. The molecule has 10 nitrogen and oxygen atoms in total. The van der Waals surface area contributed by atoms with Crippen LogP contribution in [0.5, 0.6) is 0 Å². The molecule has 1 aliphatic heterocycles. The Morgan fingerprint density at radius 1 is 1.18 bits per heavy atom. The van der Waals surface area contributed by atoms with E-state index < -0.39 is 0 Å². The third-order valence-corrected chi connectivity index (χ3v) is 5.99. The molecule has 10 heteroatoms. The summed E-state index contributed by atoms with van der Waals surface area (Å²) in [5.41, 5.74) is 9.69. The Bertz CT molecular complexity index is 1520. The highest BCUT2D eigenvalue weighted by Crippen LogP contribution is 2.29. The molecule has 0 radical (unpaired) electrons. The lowest BCUT2D eigenvalue weighted by Gasteiger charge is -2.10. The molecule has 0 saturated heterocycles. The largest absolute Gasteiger partial charge is 0.619 e. The predicted molar refractivity (Wildman–Crippen MR) is 124 cm³/mol. The lowest BCUT2D eigenvalue weighted by Crippen LogP contribution is -2.24. The van der Waals surface area contributed by atoms with E-state index in [0.29, 0.717) is 23.9 Å². The van der Waals surface area contributed by atoms with Gasteiger partial charge in [0, 0.05) is 54.8 Å². The molecule has 0 atom stereocenters. The molecule has 0 unspecified atom stereocenters. The molecule has 0 saturated carbocycles. The third-order valence-electron chi connectivity index (χ3n) is 5.99. The predicted octanol–water partition coefficient (Wildman–Crippen LogP) is 2.56. The Morgan fingerprint density at radius 2 is 2.09 bits per heavy atom. The Hall–Kier alpha value is -4.47. The number of hydrogen-bond acceptors (Lipinski definition) is 7. The van der Waals surface area contributed by atoms with Gasteiger partial charge in [-0.05, 0) is 30.0 Å². The highest BCUT2D eigenvalue weighted by Gasteiger charge is 2.17.